The predicted molar refractivity (Wildman–Crippen MR) is 85.5 cm³/mol. The molecule has 0 aliphatic carbocycles. The Morgan fingerprint density at radius 1 is 1.00 bits per heavy atom. The summed E-state index contributed by atoms with van der Waals surface area (Å²) in [6.45, 7) is 5.95. The molecule has 1 rings (SSSR count). The number of rotatable bonds is 9. The molecule has 0 amide bonds. The van der Waals surface area contributed by atoms with Crippen molar-refractivity contribution < 1.29 is 4.74 Å². The Labute approximate surface area is 115 Å². The minimum atomic E-state index is -0.671. The second kappa shape index (κ2) is 9.32. The first kappa shape index (κ1) is 16.4. The van der Waals surface area contributed by atoms with E-state index in [0.29, 0.717) is 0 Å². The molecule has 1 nitrogen and oxygen atoms in total. The van der Waals surface area contributed by atoms with Crippen LogP contribution in [0.3, 0.4) is 0 Å². The first-order valence-corrected chi connectivity index (χ1v) is 10.7. The summed E-state index contributed by atoms with van der Waals surface area (Å²) in [4.78, 5) is 0. The van der Waals surface area contributed by atoms with Crippen LogP contribution in [-0.2, 0) is 4.74 Å². The molecule has 1 saturated heterocycles. The van der Waals surface area contributed by atoms with E-state index < -0.39 is 7.26 Å². The highest BCUT2D eigenvalue weighted by Gasteiger charge is 2.41. The number of unbranched alkanes of at least 4 members (excludes halogenated alkanes) is 4. The van der Waals surface area contributed by atoms with E-state index >= 15 is 0 Å². The highest BCUT2D eigenvalue weighted by Crippen LogP contribution is 2.64. The van der Waals surface area contributed by atoms with Crippen molar-refractivity contribution in [2.24, 2.45) is 0 Å². The van der Waals surface area contributed by atoms with Crippen LogP contribution in [0.1, 0.15) is 64.7 Å². The van der Waals surface area contributed by atoms with Crippen LogP contribution >= 0.6 is 7.26 Å². The van der Waals surface area contributed by atoms with Crippen molar-refractivity contribution in [2.45, 2.75) is 70.4 Å². The summed E-state index contributed by atoms with van der Waals surface area (Å²) >= 11 is 0. The first-order valence-electron chi connectivity index (χ1n) is 8.06. The molecular weight excluding hydrogens is 239 g/mol. The number of hydrogen-bond donors (Lipinski definition) is 0. The van der Waals surface area contributed by atoms with Gasteiger partial charge in [-0.15, -0.1) is 0 Å². The summed E-state index contributed by atoms with van der Waals surface area (Å²) < 4.78 is 5.53. The Morgan fingerprint density at radius 2 is 1.67 bits per heavy atom. The molecule has 0 saturated carbocycles. The van der Waals surface area contributed by atoms with Crippen LogP contribution in [0.2, 0.25) is 0 Å². The van der Waals surface area contributed by atoms with Crippen molar-refractivity contribution >= 4 is 7.26 Å². The number of hydrogen-bond acceptors (Lipinski definition) is 1. The minimum Gasteiger partial charge on any atom is -0.381 e. The van der Waals surface area contributed by atoms with Gasteiger partial charge in [-0.3, -0.25) is 0 Å². The van der Waals surface area contributed by atoms with Crippen molar-refractivity contribution in [1.29, 1.82) is 0 Å². The molecule has 0 aromatic heterocycles. The van der Waals surface area contributed by atoms with E-state index in [1.807, 2.05) is 7.11 Å². The fourth-order valence-electron chi connectivity index (χ4n) is 3.35. The van der Waals surface area contributed by atoms with E-state index in [1.54, 1.807) is 0 Å². The van der Waals surface area contributed by atoms with Gasteiger partial charge in [0.25, 0.3) is 0 Å². The second-order valence-electron chi connectivity index (χ2n) is 6.30. The van der Waals surface area contributed by atoms with Crippen molar-refractivity contribution in [3.63, 3.8) is 0 Å². The van der Waals surface area contributed by atoms with E-state index in [0.717, 1.165) is 12.3 Å². The molecule has 0 radical (unpaired) electrons. The van der Waals surface area contributed by atoms with Crippen molar-refractivity contribution in [1.82, 2.24) is 0 Å². The van der Waals surface area contributed by atoms with Gasteiger partial charge >= 0.3 is 0 Å². The van der Waals surface area contributed by atoms with E-state index in [2.05, 4.69) is 13.6 Å². The lowest BCUT2D eigenvalue weighted by Gasteiger charge is -2.34. The van der Waals surface area contributed by atoms with Crippen LogP contribution in [0.15, 0.2) is 0 Å². The van der Waals surface area contributed by atoms with Crippen LogP contribution in [0.5, 0.6) is 0 Å². The smallest absolute Gasteiger partial charge is 0.0927 e. The zero-order valence-corrected chi connectivity index (χ0v) is 13.8. The van der Waals surface area contributed by atoms with Gasteiger partial charge in [0, 0.05) is 21.0 Å². The summed E-state index contributed by atoms with van der Waals surface area (Å²) in [6, 6.07) is 0. The molecule has 0 bridgehead atoms. The molecule has 108 valence electrons. The third kappa shape index (κ3) is 5.57. The van der Waals surface area contributed by atoms with Crippen molar-refractivity contribution in [3.8, 4) is 0 Å². The Morgan fingerprint density at radius 3 is 2.28 bits per heavy atom. The molecule has 0 aromatic carbocycles. The van der Waals surface area contributed by atoms with E-state index in [9.17, 15) is 0 Å². The highest BCUT2D eigenvalue weighted by atomic mass is 31.2. The summed E-state index contributed by atoms with van der Waals surface area (Å²) in [5, 5.41) is 0. The van der Waals surface area contributed by atoms with E-state index in [-0.39, 0.29) is 0 Å². The molecule has 1 aliphatic rings. The normalized spacial score (nSPS) is 20.8. The van der Waals surface area contributed by atoms with Crippen LogP contribution in [0.25, 0.3) is 0 Å². The zero-order chi connectivity index (χ0) is 13.3. The number of ether oxygens (including phenoxy) is 1. The van der Waals surface area contributed by atoms with Crippen LogP contribution in [0, 0.1) is 0 Å². The third-order valence-corrected chi connectivity index (χ3v) is 9.57. The van der Waals surface area contributed by atoms with Crippen molar-refractivity contribution in [3.05, 3.63) is 0 Å². The SMILES string of the molecule is CCCCCCCC(COC)[P+]1(C)CCCCC1. The van der Waals surface area contributed by atoms with Gasteiger partial charge < -0.3 is 4.74 Å². The Bertz CT molecular complexity index is 199. The first-order chi connectivity index (χ1) is 8.73. The molecule has 0 spiro atoms. The van der Waals surface area contributed by atoms with Crippen LogP contribution < -0.4 is 0 Å². The Kier molecular flexibility index (Phi) is 8.51. The van der Waals surface area contributed by atoms with Gasteiger partial charge in [0.1, 0.15) is 0 Å². The molecule has 1 aliphatic heterocycles. The predicted octanol–water partition coefficient (Wildman–Crippen LogP) is 5.19. The maximum absolute atomic E-state index is 5.53. The van der Waals surface area contributed by atoms with Gasteiger partial charge in [-0.2, -0.15) is 0 Å². The fourth-order valence-corrected chi connectivity index (χ4v) is 7.51. The quantitative estimate of drug-likeness (QED) is 0.415. The molecule has 1 heterocycles. The Balaban J connectivity index is 2.33. The molecule has 0 N–H and O–H groups in total. The van der Waals surface area contributed by atoms with E-state index in [4.69, 9.17) is 4.74 Å². The lowest BCUT2D eigenvalue weighted by atomic mass is 10.1. The molecule has 1 fully saturated rings. The monoisotopic (exact) mass is 273 g/mol. The van der Waals surface area contributed by atoms with Crippen LogP contribution in [0.4, 0.5) is 0 Å². The zero-order valence-electron chi connectivity index (χ0n) is 12.9. The van der Waals surface area contributed by atoms with Gasteiger partial charge in [0.05, 0.1) is 24.6 Å². The lowest BCUT2D eigenvalue weighted by molar-refractivity contribution is 0.194. The molecule has 2 heteroatoms. The highest BCUT2D eigenvalue weighted by molar-refractivity contribution is 7.75. The summed E-state index contributed by atoms with van der Waals surface area (Å²) in [5.41, 5.74) is 0.907. The third-order valence-electron chi connectivity index (χ3n) is 4.72. The average Bonchev–Trinajstić information content (AvgIpc) is 2.38. The molecule has 0 aromatic rings. The largest absolute Gasteiger partial charge is 0.381 e. The topological polar surface area (TPSA) is 9.23 Å². The van der Waals surface area contributed by atoms with E-state index in [1.165, 1.54) is 70.1 Å². The lowest BCUT2D eigenvalue weighted by Crippen LogP contribution is -2.25. The maximum Gasteiger partial charge on any atom is 0.0927 e. The van der Waals surface area contributed by atoms with Gasteiger partial charge in [-0.25, -0.2) is 0 Å². The standard InChI is InChI=1S/C16H34OP/c1-4-5-6-7-9-12-16(15-17-2)18(3)13-10-8-11-14-18/h16H,4-15H2,1-3H3/q+1. The van der Waals surface area contributed by atoms with Gasteiger partial charge in [0.15, 0.2) is 0 Å². The number of methoxy groups -OCH3 is 1. The molecule has 18 heavy (non-hydrogen) atoms. The molecule has 1 unspecified atom stereocenters. The Hall–Kier alpha value is 0.390. The minimum absolute atomic E-state index is 0.671. The van der Waals surface area contributed by atoms with Gasteiger partial charge in [-0.1, -0.05) is 32.6 Å². The molecular formula is C16H34OP+. The van der Waals surface area contributed by atoms with Crippen LogP contribution in [-0.4, -0.2) is 38.4 Å². The maximum atomic E-state index is 5.53. The fraction of sp³-hybridized carbons (Fsp3) is 1.00. The summed E-state index contributed by atoms with van der Waals surface area (Å²) in [6.07, 6.45) is 16.0. The van der Waals surface area contributed by atoms with Gasteiger partial charge in [-0.05, 0) is 32.1 Å². The second-order valence-corrected chi connectivity index (χ2v) is 10.9. The summed E-state index contributed by atoms with van der Waals surface area (Å²) in [7, 11) is 1.22. The average molecular weight is 273 g/mol. The van der Waals surface area contributed by atoms with Gasteiger partial charge in [0.2, 0.25) is 0 Å². The summed E-state index contributed by atoms with van der Waals surface area (Å²) in [5.74, 6) is 0. The molecule has 1 atom stereocenters. The van der Waals surface area contributed by atoms with Crippen molar-refractivity contribution in [2.75, 3.05) is 32.7 Å².